The molecule has 0 heterocycles. The van der Waals surface area contributed by atoms with E-state index in [2.05, 4.69) is 5.32 Å². The Balaban J connectivity index is 2.39. The topological polar surface area (TPSA) is 88.2 Å². The van der Waals surface area contributed by atoms with Crippen molar-refractivity contribution >= 4 is 21.6 Å². The van der Waals surface area contributed by atoms with Crippen LogP contribution in [0.4, 0.5) is 10.1 Å². The highest BCUT2D eigenvalue weighted by Crippen LogP contribution is 2.32. The van der Waals surface area contributed by atoms with Crippen LogP contribution < -0.4 is 19.1 Å². The van der Waals surface area contributed by atoms with Crippen molar-refractivity contribution in [2.75, 3.05) is 52.3 Å². The minimum absolute atomic E-state index is 0.0921. The van der Waals surface area contributed by atoms with E-state index in [1.54, 1.807) is 0 Å². The number of hydrogen-bond donors (Lipinski definition) is 1. The summed E-state index contributed by atoms with van der Waals surface area (Å²) in [5.41, 5.74) is 0.161. The molecule has 0 unspecified atom stereocenters. The fourth-order valence-electron chi connectivity index (χ4n) is 2.63. The van der Waals surface area contributed by atoms with Gasteiger partial charge in [0, 0.05) is 19.2 Å². The van der Waals surface area contributed by atoms with Gasteiger partial charge in [0.25, 0.3) is 10.0 Å². The first kappa shape index (κ1) is 23.4. The smallest absolute Gasteiger partial charge is 0.264 e. The van der Waals surface area contributed by atoms with Gasteiger partial charge in [-0.15, -0.1) is 0 Å². The Bertz CT molecular complexity index is 965. The minimum atomic E-state index is -4.16. The van der Waals surface area contributed by atoms with Crippen LogP contribution in [0.15, 0.2) is 47.4 Å². The number of ether oxygens (including phenoxy) is 2. The first-order valence-corrected chi connectivity index (χ1v) is 10.5. The molecule has 30 heavy (non-hydrogen) atoms. The highest BCUT2D eigenvalue weighted by molar-refractivity contribution is 7.92. The molecule has 0 aromatic heterocycles. The predicted molar refractivity (Wildman–Crippen MR) is 112 cm³/mol. The average molecular weight is 440 g/mol. The van der Waals surface area contributed by atoms with E-state index in [-0.39, 0.29) is 16.3 Å². The average Bonchev–Trinajstić information content (AvgIpc) is 2.71. The number of carbonyl (C=O) groups is 1. The summed E-state index contributed by atoms with van der Waals surface area (Å²) in [6, 6.07) is 9.02. The van der Waals surface area contributed by atoms with Crippen molar-refractivity contribution in [1.29, 1.82) is 0 Å². The van der Waals surface area contributed by atoms with Crippen molar-refractivity contribution < 1.29 is 27.1 Å². The van der Waals surface area contributed by atoms with Gasteiger partial charge in [-0.3, -0.25) is 9.10 Å². The van der Waals surface area contributed by atoms with Gasteiger partial charge in [-0.1, -0.05) is 0 Å². The minimum Gasteiger partial charge on any atom is -0.493 e. The molecule has 8 nitrogen and oxygen atoms in total. The summed E-state index contributed by atoms with van der Waals surface area (Å²) < 4.78 is 51.3. The zero-order chi connectivity index (χ0) is 22.3. The third-order valence-corrected chi connectivity index (χ3v) is 6.00. The zero-order valence-corrected chi connectivity index (χ0v) is 18.2. The summed E-state index contributed by atoms with van der Waals surface area (Å²) in [5, 5.41) is 2.68. The molecule has 0 radical (unpaired) electrons. The van der Waals surface area contributed by atoms with E-state index in [1.165, 1.54) is 44.6 Å². The first-order chi connectivity index (χ1) is 14.2. The summed E-state index contributed by atoms with van der Waals surface area (Å²) in [6.45, 7) is 0.500. The maximum absolute atomic E-state index is 13.4. The number of hydrogen-bond acceptors (Lipinski definition) is 6. The molecule has 0 spiro atoms. The number of benzene rings is 2. The molecule has 0 aliphatic heterocycles. The van der Waals surface area contributed by atoms with Crippen molar-refractivity contribution in [3.63, 3.8) is 0 Å². The van der Waals surface area contributed by atoms with Gasteiger partial charge in [-0.05, 0) is 50.5 Å². The van der Waals surface area contributed by atoms with Gasteiger partial charge in [-0.25, -0.2) is 12.8 Å². The first-order valence-electron chi connectivity index (χ1n) is 9.10. The van der Waals surface area contributed by atoms with E-state index in [0.717, 1.165) is 16.4 Å². The number of sulfonamides is 1. The molecule has 1 N–H and O–H groups in total. The Hall–Kier alpha value is -2.85. The molecule has 2 aromatic rings. The summed E-state index contributed by atoms with van der Waals surface area (Å²) >= 11 is 0. The van der Waals surface area contributed by atoms with Gasteiger partial charge in [0.2, 0.25) is 5.91 Å². The maximum atomic E-state index is 13.4. The van der Waals surface area contributed by atoms with E-state index in [0.29, 0.717) is 18.8 Å². The molecule has 2 rings (SSSR count). The maximum Gasteiger partial charge on any atom is 0.264 e. The van der Waals surface area contributed by atoms with E-state index in [4.69, 9.17) is 9.47 Å². The lowest BCUT2D eigenvalue weighted by Gasteiger charge is -2.24. The van der Waals surface area contributed by atoms with Crippen LogP contribution in [0.1, 0.15) is 0 Å². The Morgan fingerprint density at radius 1 is 1.03 bits per heavy atom. The number of nitrogens with zero attached hydrogens (tertiary/aromatic N) is 2. The Morgan fingerprint density at radius 3 is 2.23 bits per heavy atom. The number of nitrogens with one attached hydrogen (secondary N) is 1. The molecule has 0 aliphatic rings. The van der Waals surface area contributed by atoms with Crippen LogP contribution >= 0.6 is 0 Å². The number of anilines is 1. The van der Waals surface area contributed by atoms with Gasteiger partial charge in [0.05, 0.1) is 24.8 Å². The van der Waals surface area contributed by atoms with Crippen LogP contribution in [0, 0.1) is 5.82 Å². The molecule has 164 valence electrons. The van der Waals surface area contributed by atoms with Crippen molar-refractivity contribution in [3.05, 3.63) is 48.3 Å². The Morgan fingerprint density at radius 2 is 1.67 bits per heavy atom. The molecule has 0 saturated heterocycles. The van der Waals surface area contributed by atoms with Crippen LogP contribution in [-0.4, -0.2) is 67.2 Å². The van der Waals surface area contributed by atoms with Gasteiger partial charge in [-0.2, -0.15) is 0 Å². The number of amides is 1. The van der Waals surface area contributed by atoms with Gasteiger partial charge in [0.15, 0.2) is 11.5 Å². The summed E-state index contributed by atoms with van der Waals surface area (Å²) in [6.07, 6.45) is 0. The lowest BCUT2D eigenvalue weighted by molar-refractivity contribution is -0.119. The lowest BCUT2D eigenvalue weighted by Crippen LogP contribution is -2.42. The van der Waals surface area contributed by atoms with Crippen molar-refractivity contribution in [2.45, 2.75) is 4.90 Å². The second-order valence-electron chi connectivity index (χ2n) is 6.66. The summed E-state index contributed by atoms with van der Waals surface area (Å²) in [7, 11) is 2.39. The summed E-state index contributed by atoms with van der Waals surface area (Å²) in [4.78, 5) is 14.2. The number of methoxy groups -OCH3 is 2. The standard InChI is InChI=1S/C20H26FN3O5S/c1-23(2)12-11-22-20(25)14-24(16-7-5-15(21)6-8-16)30(26,27)17-9-10-18(28-3)19(13-17)29-4/h5-10,13H,11-12,14H2,1-4H3,(H,22,25). The van der Waals surface area contributed by atoms with Gasteiger partial charge in [0.1, 0.15) is 12.4 Å². The molecule has 2 aromatic carbocycles. The normalized spacial score (nSPS) is 11.3. The number of rotatable bonds is 10. The van der Waals surface area contributed by atoms with E-state index in [9.17, 15) is 17.6 Å². The monoisotopic (exact) mass is 439 g/mol. The third kappa shape index (κ3) is 5.83. The van der Waals surface area contributed by atoms with Crippen molar-refractivity contribution in [3.8, 4) is 11.5 Å². The zero-order valence-electron chi connectivity index (χ0n) is 17.4. The Kier molecular flexibility index (Phi) is 8.01. The molecule has 0 aliphatic carbocycles. The van der Waals surface area contributed by atoms with Crippen molar-refractivity contribution in [2.24, 2.45) is 0 Å². The molecule has 0 fully saturated rings. The van der Waals surface area contributed by atoms with Gasteiger partial charge >= 0.3 is 0 Å². The molecule has 1 amide bonds. The molecule has 0 saturated carbocycles. The second kappa shape index (κ2) is 10.3. The van der Waals surface area contributed by atoms with E-state index >= 15 is 0 Å². The van der Waals surface area contributed by atoms with Crippen LogP contribution in [0.2, 0.25) is 0 Å². The molecule has 10 heteroatoms. The molecule has 0 bridgehead atoms. The number of carbonyl (C=O) groups excluding carboxylic acids is 1. The van der Waals surface area contributed by atoms with Crippen LogP contribution in [0.5, 0.6) is 11.5 Å². The molecule has 0 atom stereocenters. The quantitative estimate of drug-likeness (QED) is 0.607. The summed E-state index contributed by atoms with van der Waals surface area (Å²) in [5.74, 6) is -0.401. The van der Waals surface area contributed by atoms with Gasteiger partial charge < -0.3 is 19.7 Å². The fraction of sp³-hybridized carbons (Fsp3) is 0.350. The number of likely N-dealkylation sites (N-methyl/N-ethyl adjacent to an activating group) is 1. The SMILES string of the molecule is COc1ccc(S(=O)(=O)N(CC(=O)NCCN(C)C)c2ccc(F)cc2)cc1OC. The Labute approximate surface area is 176 Å². The third-order valence-electron chi connectivity index (χ3n) is 4.23. The van der Waals surface area contributed by atoms with Crippen molar-refractivity contribution in [1.82, 2.24) is 10.2 Å². The highest BCUT2D eigenvalue weighted by Gasteiger charge is 2.28. The second-order valence-corrected chi connectivity index (χ2v) is 8.52. The predicted octanol–water partition coefficient (Wildman–Crippen LogP) is 1.72. The van der Waals surface area contributed by atoms with E-state index < -0.39 is 28.3 Å². The highest BCUT2D eigenvalue weighted by atomic mass is 32.2. The fourth-order valence-corrected chi connectivity index (χ4v) is 4.07. The van der Waals surface area contributed by atoms with E-state index in [1.807, 2.05) is 19.0 Å². The van der Waals surface area contributed by atoms with Crippen LogP contribution in [0.25, 0.3) is 0 Å². The molecular formula is C20H26FN3O5S. The number of halogens is 1. The molecular weight excluding hydrogens is 413 g/mol. The van der Waals surface area contributed by atoms with Crippen LogP contribution in [-0.2, 0) is 14.8 Å². The lowest BCUT2D eigenvalue weighted by atomic mass is 10.3. The largest absolute Gasteiger partial charge is 0.493 e. The van der Waals surface area contributed by atoms with Crippen LogP contribution in [0.3, 0.4) is 0 Å².